The molecule has 0 bridgehead atoms. The van der Waals surface area contributed by atoms with Crippen molar-refractivity contribution in [1.82, 2.24) is 0 Å². The van der Waals surface area contributed by atoms with Crippen LogP contribution in [0.3, 0.4) is 0 Å². The number of fused-ring (bicyclic) bond motifs is 6. The zero-order valence-corrected chi connectivity index (χ0v) is 44.2. The highest BCUT2D eigenvalue weighted by Crippen LogP contribution is 2.50. The van der Waals surface area contributed by atoms with Crippen LogP contribution in [-0.4, -0.2) is 0 Å². The van der Waals surface area contributed by atoms with E-state index in [1.165, 1.54) is 36.9 Å². The molecule has 0 spiro atoms. The molecule has 11 rings (SSSR count). The Morgan fingerprint density at radius 2 is 0.750 bits per heavy atom. The maximum absolute atomic E-state index is 8.03. The molecule has 0 amide bonds. The molecule has 2 heterocycles. The number of thiophene rings is 1. The summed E-state index contributed by atoms with van der Waals surface area (Å²) in [6.45, 7) is 20.3. The van der Waals surface area contributed by atoms with Crippen molar-refractivity contribution in [3.05, 3.63) is 222 Å². The van der Waals surface area contributed by atoms with Gasteiger partial charge in [-0.2, -0.15) is 0 Å². The van der Waals surface area contributed by atoms with Gasteiger partial charge in [-0.05, 0) is 142 Å². The first-order valence-corrected chi connectivity index (χ1v) is 26.1. The first-order chi connectivity index (χ1) is 34.5. The predicted octanol–water partition coefficient (Wildman–Crippen LogP) is 20.9. The fraction of sp³-hybridized carbons (Fsp3) is 0.182. The Morgan fingerprint density at radius 1 is 0.333 bits per heavy atom. The molecule has 0 N–H and O–H groups in total. The van der Waals surface area contributed by atoms with E-state index in [9.17, 15) is 0 Å². The molecule has 2 aromatic heterocycles. The SMILES string of the molecule is CC(C)(C)c1ccc(N(c2cccc(N(c3ccc(C(C)(C)C)cc3)c3cccc(N(c4ccc(C(C)(C)C)cc4)c4ccc5c(c4)sc4ccccc45)c3Cl)c2)c2ccc3oc4ccccc4c3c2)cc1. The highest BCUT2D eigenvalue weighted by atomic mass is 35.5. The van der Waals surface area contributed by atoms with Crippen LogP contribution in [0.5, 0.6) is 0 Å². The number of rotatable bonds is 9. The summed E-state index contributed by atoms with van der Waals surface area (Å²) >= 11 is 9.85. The van der Waals surface area contributed by atoms with Crippen LogP contribution < -0.4 is 14.7 Å². The van der Waals surface area contributed by atoms with Gasteiger partial charge in [0.05, 0.1) is 16.4 Å². The number of nitrogens with zero attached hydrogens (tertiary/aromatic N) is 3. The van der Waals surface area contributed by atoms with Gasteiger partial charge in [-0.3, -0.25) is 0 Å². The number of anilines is 9. The van der Waals surface area contributed by atoms with Crippen molar-refractivity contribution in [1.29, 1.82) is 0 Å². The fourth-order valence-electron chi connectivity index (χ4n) is 9.96. The summed E-state index contributed by atoms with van der Waals surface area (Å²) in [5.41, 5.74) is 14.4. The lowest BCUT2D eigenvalue weighted by Gasteiger charge is -2.32. The lowest BCUT2D eigenvalue weighted by atomic mass is 9.87. The van der Waals surface area contributed by atoms with Gasteiger partial charge in [0.1, 0.15) is 11.2 Å². The van der Waals surface area contributed by atoms with Crippen molar-refractivity contribution in [2.45, 2.75) is 78.6 Å². The quantitative estimate of drug-likeness (QED) is 0.144. The van der Waals surface area contributed by atoms with Gasteiger partial charge in [-0.15, -0.1) is 11.3 Å². The van der Waals surface area contributed by atoms with Crippen LogP contribution in [-0.2, 0) is 16.2 Å². The van der Waals surface area contributed by atoms with Crippen molar-refractivity contribution in [3.63, 3.8) is 0 Å². The summed E-state index contributed by atoms with van der Waals surface area (Å²) in [4.78, 5) is 6.98. The molecule has 11 aromatic rings. The Kier molecular flexibility index (Phi) is 11.8. The Hall–Kier alpha value is -7.31. The average Bonchev–Trinajstić information content (AvgIpc) is 3.93. The van der Waals surface area contributed by atoms with E-state index in [1.54, 1.807) is 0 Å². The van der Waals surface area contributed by atoms with Crippen LogP contribution in [0.1, 0.15) is 79.0 Å². The summed E-state index contributed by atoms with van der Waals surface area (Å²) in [5.74, 6) is 0. The van der Waals surface area contributed by atoms with Crippen molar-refractivity contribution in [3.8, 4) is 0 Å². The zero-order chi connectivity index (χ0) is 50.1. The number of furan rings is 1. The van der Waals surface area contributed by atoms with Crippen molar-refractivity contribution < 1.29 is 4.42 Å². The maximum atomic E-state index is 8.03. The zero-order valence-electron chi connectivity index (χ0n) is 42.6. The number of benzene rings is 9. The van der Waals surface area contributed by atoms with Crippen LogP contribution in [0.25, 0.3) is 42.1 Å². The van der Waals surface area contributed by atoms with Crippen LogP contribution in [0.15, 0.2) is 205 Å². The molecule has 0 fully saturated rings. The lowest BCUT2D eigenvalue weighted by Crippen LogP contribution is -2.16. The molecule has 0 saturated carbocycles. The minimum absolute atomic E-state index is 0.000320. The van der Waals surface area contributed by atoms with Crippen LogP contribution >= 0.6 is 22.9 Å². The topological polar surface area (TPSA) is 22.9 Å². The molecule has 0 saturated heterocycles. The normalized spacial score (nSPS) is 12.3. The first-order valence-electron chi connectivity index (χ1n) is 24.9. The van der Waals surface area contributed by atoms with Gasteiger partial charge in [0, 0.05) is 70.8 Å². The smallest absolute Gasteiger partial charge is 0.135 e. The van der Waals surface area contributed by atoms with Gasteiger partial charge in [0.25, 0.3) is 0 Å². The van der Waals surface area contributed by atoms with Crippen LogP contribution in [0.4, 0.5) is 51.2 Å². The Bertz CT molecular complexity index is 3770. The van der Waals surface area contributed by atoms with E-state index >= 15 is 0 Å². The van der Waals surface area contributed by atoms with Gasteiger partial charge in [-0.25, -0.2) is 0 Å². The Morgan fingerprint density at radius 3 is 1.32 bits per heavy atom. The molecular weight excluding hydrogens is 918 g/mol. The minimum atomic E-state index is -0.0240. The number of halogens is 1. The second-order valence-electron chi connectivity index (χ2n) is 22.1. The van der Waals surface area contributed by atoms with E-state index in [0.717, 1.165) is 73.1 Å². The number of hydrogen-bond acceptors (Lipinski definition) is 5. The van der Waals surface area contributed by atoms with Crippen molar-refractivity contribution in [2.24, 2.45) is 0 Å². The molecule has 9 aromatic carbocycles. The fourth-order valence-corrected chi connectivity index (χ4v) is 11.4. The molecular formula is C66H60ClN3OS. The second-order valence-corrected chi connectivity index (χ2v) is 23.5. The van der Waals surface area contributed by atoms with E-state index in [0.29, 0.717) is 5.02 Å². The molecule has 4 nitrogen and oxygen atoms in total. The van der Waals surface area contributed by atoms with Crippen molar-refractivity contribution >= 4 is 116 Å². The van der Waals surface area contributed by atoms with Gasteiger partial charge < -0.3 is 19.1 Å². The van der Waals surface area contributed by atoms with Crippen molar-refractivity contribution in [2.75, 3.05) is 14.7 Å². The van der Waals surface area contributed by atoms with E-state index in [2.05, 4.69) is 265 Å². The van der Waals surface area contributed by atoms with Gasteiger partial charge >= 0.3 is 0 Å². The maximum Gasteiger partial charge on any atom is 0.135 e. The van der Waals surface area contributed by atoms with Crippen LogP contribution in [0, 0.1) is 0 Å². The highest BCUT2D eigenvalue weighted by Gasteiger charge is 2.26. The molecule has 0 atom stereocenters. The summed E-state index contributed by atoms with van der Waals surface area (Å²) in [6, 6.07) is 72.5. The highest BCUT2D eigenvalue weighted by molar-refractivity contribution is 7.25. The van der Waals surface area contributed by atoms with Gasteiger partial charge in [0.2, 0.25) is 0 Å². The Balaban J connectivity index is 1.10. The third-order valence-corrected chi connectivity index (χ3v) is 15.5. The summed E-state index contributed by atoms with van der Waals surface area (Å²) in [6.07, 6.45) is 0. The van der Waals surface area contributed by atoms with Gasteiger partial charge in [-0.1, -0.05) is 165 Å². The monoisotopic (exact) mass is 977 g/mol. The molecule has 0 aliphatic rings. The molecule has 72 heavy (non-hydrogen) atoms. The van der Waals surface area contributed by atoms with E-state index in [-0.39, 0.29) is 16.2 Å². The summed E-state index contributed by atoms with van der Waals surface area (Å²) in [5, 5.41) is 5.32. The summed E-state index contributed by atoms with van der Waals surface area (Å²) < 4.78 is 8.84. The largest absolute Gasteiger partial charge is 0.456 e. The van der Waals surface area contributed by atoms with Crippen LogP contribution in [0.2, 0.25) is 5.02 Å². The molecule has 0 aliphatic heterocycles. The molecule has 358 valence electrons. The standard InChI is InChI=1S/C66H60ClN3OS/c1-64(2,3)43-24-30-46(31-25-43)68(51-37-39-60-56(41-51)53-18-10-12-22-59(53)71-60)49-16-14-17-50(40-49)69(47-32-26-44(27-33-47)65(4,5)6)57-20-15-21-58(63(57)67)70(48-34-28-45(29-35-48)66(7,8)9)52-36-38-55-54-19-11-13-23-61(54)72-62(55)42-52/h10-42H,1-9H3. The number of para-hydroxylation sites is 1. The Labute approximate surface area is 433 Å². The van der Waals surface area contributed by atoms with E-state index in [1.807, 2.05) is 23.5 Å². The molecule has 0 aliphatic carbocycles. The lowest BCUT2D eigenvalue weighted by molar-refractivity contribution is 0.590. The van der Waals surface area contributed by atoms with Gasteiger partial charge in [0.15, 0.2) is 0 Å². The average molecular weight is 979 g/mol. The third kappa shape index (κ3) is 8.80. The molecule has 0 radical (unpaired) electrons. The summed E-state index contributed by atoms with van der Waals surface area (Å²) in [7, 11) is 0. The van der Waals surface area contributed by atoms with E-state index in [4.69, 9.17) is 16.0 Å². The predicted molar refractivity (Wildman–Crippen MR) is 312 cm³/mol. The molecule has 0 unspecified atom stereocenters. The third-order valence-electron chi connectivity index (χ3n) is 14.0. The first kappa shape index (κ1) is 47.0. The van der Waals surface area contributed by atoms with E-state index < -0.39 is 0 Å². The molecule has 6 heteroatoms. The number of hydrogen-bond donors (Lipinski definition) is 0. The second kappa shape index (κ2) is 18.1. The minimum Gasteiger partial charge on any atom is -0.456 e.